The summed E-state index contributed by atoms with van der Waals surface area (Å²) in [6, 6.07) is 3.67. The molecule has 0 aliphatic carbocycles. The summed E-state index contributed by atoms with van der Waals surface area (Å²) in [6.07, 6.45) is 1.41. The van der Waals surface area contributed by atoms with E-state index < -0.39 is 0 Å². The third-order valence-corrected chi connectivity index (χ3v) is 2.36. The van der Waals surface area contributed by atoms with Crippen LogP contribution < -0.4 is 11.1 Å². The number of amides is 1. The molecule has 94 valence electrons. The maximum atomic E-state index is 11.8. The maximum Gasteiger partial charge on any atom is 0.246 e. The molecule has 1 amide bonds. The first-order chi connectivity index (χ1) is 8.54. The van der Waals surface area contributed by atoms with E-state index in [1.54, 1.807) is 0 Å². The van der Waals surface area contributed by atoms with Gasteiger partial charge in [-0.3, -0.25) is 9.78 Å². The van der Waals surface area contributed by atoms with Gasteiger partial charge in [-0.2, -0.15) is 0 Å². The lowest BCUT2D eigenvalue weighted by Crippen LogP contribution is -2.20. The molecule has 0 spiro atoms. The van der Waals surface area contributed by atoms with E-state index in [2.05, 4.69) is 20.4 Å². The van der Waals surface area contributed by atoms with Crippen molar-refractivity contribution in [2.24, 2.45) is 0 Å². The van der Waals surface area contributed by atoms with Crippen LogP contribution >= 0.6 is 0 Å². The highest BCUT2D eigenvalue weighted by molar-refractivity contribution is 5.90. The van der Waals surface area contributed by atoms with Gasteiger partial charge in [-0.1, -0.05) is 0 Å². The van der Waals surface area contributed by atoms with Crippen LogP contribution in [0.15, 0.2) is 18.5 Å². The first-order valence-electron chi connectivity index (χ1n) is 5.43. The van der Waals surface area contributed by atoms with E-state index in [9.17, 15) is 4.79 Å². The molecule has 7 heteroatoms. The van der Waals surface area contributed by atoms with Crippen LogP contribution in [-0.4, -0.2) is 25.7 Å². The largest absolute Gasteiger partial charge is 0.367 e. The molecule has 0 aliphatic heterocycles. The van der Waals surface area contributed by atoms with Crippen molar-refractivity contribution in [3.8, 4) is 0 Å². The number of aryl methyl sites for hydroxylation is 2. The molecule has 0 saturated carbocycles. The zero-order chi connectivity index (χ0) is 13.1. The van der Waals surface area contributed by atoms with Crippen molar-refractivity contribution in [2.75, 3.05) is 11.1 Å². The number of nitrogens with one attached hydrogen (secondary N) is 1. The smallest absolute Gasteiger partial charge is 0.246 e. The zero-order valence-corrected chi connectivity index (χ0v) is 10.2. The molecule has 2 rings (SSSR count). The molecule has 0 aromatic carbocycles. The molecule has 0 atom stereocenters. The van der Waals surface area contributed by atoms with E-state index >= 15 is 0 Å². The third kappa shape index (κ3) is 2.82. The number of hydrogen-bond acceptors (Lipinski definition) is 5. The van der Waals surface area contributed by atoms with Crippen molar-refractivity contribution in [1.82, 2.24) is 19.7 Å². The Morgan fingerprint density at radius 3 is 2.83 bits per heavy atom. The molecule has 2 aromatic heterocycles. The fourth-order valence-corrected chi connectivity index (χ4v) is 1.54. The number of rotatable bonds is 3. The standard InChI is InChI=1S/C11H14N6O/c1-7-3-4-9(8(2)14-7)15-10(18)5-17-6-13-11(12)16-17/h3-4,6H,5H2,1-2H3,(H2,12,16)(H,15,18). The van der Waals surface area contributed by atoms with Crippen molar-refractivity contribution in [2.45, 2.75) is 20.4 Å². The molecule has 18 heavy (non-hydrogen) atoms. The Bertz CT molecular complexity index is 577. The lowest BCUT2D eigenvalue weighted by molar-refractivity contribution is -0.116. The number of pyridine rings is 1. The molecule has 0 bridgehead atoms. The molecule has 7 nitrogen and oxygen atoms in total. The first kappa shape index (κ1) is 12.0. The highest BCUT2D eigenvalue weighted by Gasteiger charge is 2.07. The van der Waals surface area contributed by atoms with Crippen molar-refractivity contribution in [1.29, 1.82) is 0 Å². The first-order valence-corrected chi connectivity index (χ1v) is 5.43. The number of carbonyl (C=O) groups is 1. The molecule has 0 aliphatic rings. The summed E-state index contributed by atoms with van der Waals surface area (Å²) >= 11 is 0. The van der Waals surface area contributed by atoms with E-state index in [1.165, 1.54) is 11.0 Å². The minimum Gasteiger partial charge on any atom is -0.367 e. The van der Waals surface area contributed by atoms with Crippen LogP contribution in [0.25, 0.3) is 0 Å². The predicted octanol–water partition coefficient (Wildman–Crippen LogP) is 0.511. The molecule has 0 fully saturated rings. The average molecular weight is 246 g/mol. The maximum absolute atomic E-state index is 11.8. The van der Waals surface area contributed by atoms with Gasteiger partial charge in [0.25, 0.3) is 0 Å². The number of carbonyl (C=O) groups excluding carboxylic acids is 1. The Morgan fingerprint density at radius 2 is 2.22 bits per heavy atom. The van der Waals surface area contributed by atoms with Crippen LogP contribution in [0, 0.1) is 13.8 Å². The normalized spacial score (nSPS) is 10.3. The highest BCUT2D eigenvalue weighted by Crippen LogP contribution is 2.12. The molecule has 0 unspecified atom stereocenters. The quantitative estimate of drug-likeness (QED) is 0.822. The van der Waals surface area contributed by atoms with Crippen LogP contribution in [0.4, 0.5) is 11.6 Å². The average Bonchev–Trinajstić information content (AvgIpc) is 2.68. The predicted molar refractivity (Wildman–Crippen MR) is 66.8 cm³/mol. The summed E-state index contributed by atoms with van der Waals surface area (Å²) in [5, 5.41) is 6.60. The molecule has 2 aromatic rings. The zero-order valence-electron chi connectivity index (χ0n) is 10.2. The van der Waals surface area contributed by atoms with Gasteiger partial charge < -0.3 is 11.1 Å². The molecule has 0 radical (unpaired) electrons. The fraction of sp³-hybridized carbons (Fsp3) is 0.273. The van der Waals surface area contributed by atoms with Gasteiger partial charge in [0.1, 0.15) is 12.9 Å². The highest BCUT2D eigenvalue weighted by atomic mass is 16.2. The van der Waals surface area contributed by atoms with E-state index in [1.807, 2.05) is 26.0 Å². The second kappa shape index (κ2) is 4.82. The molecule has 3 N–H and O–H groups in total. The second-order valence-corrected chi connectivity index (χ2v) is 3.93. The summed E-state index contributed by atoms with van der Waals surface area (Å²) < 4.78 is 1.38. The summed E-state index contributed by atoms with van der Waals surface area (Å²) in [5.41, 5.74) is 7.75. The lowest BCUT2D eigenvalue weighted by Gasteiger charge is -2.08. The molecular weight excluding hydrogens is 232 g/mol. The number of nitrogens with two attached hydrogens (primary N) is 1. The summed E-state index contributed by atoms with van der Waals surface area (Å²) in [4.78, 5) is 19.8. The Balaban J connectivity index is 2.03. The summed E-state index contributed by atoms with van der Waals surface area (Å²) in [7, 11) is 0. The number of aromatic nitrogens is 4. The lowest BCUT2D eigenvalue weighted by atomic mass is 10.2. The van der Waals surface area contributed by atoms with Crippen molar-refractivity contribution >= 4 is 17.5 Å². The van der Waals surface area contributed by atoms with E-state index in [-0.39, 0.29) is 18.4 Å². The second-order valence-electron chi connectivity index (χ2n) is 3.93. The van der Waals surface area contributed by atoms with Crippen LogP contribution in [0.3, 0.4) is 0 Å². The minimum atomic E-state index is -0.200. The van der Waals surface area contributed by atoms with Crippen LogP contribution in [0.2, 0.25) is 0 Å². The minimum absolute atomic E-state index is 0.0670. The van der Waals surface area contributed by atoms with E-state index in [0.717, 1.165) is 11.4 Å². The third-order valence-electron chi connectivity index (χ3n) is 2.36. The number of anilines is 2. The van der Waals surface area contributed by atoms with Crippen molar-refractivity contribution < 1.29 is 4.79 Å². The van der Waals surface area contributed by atoms with Crippen LogP contribution in [-0.2, 0) is 11.3 Å². The monoisotopic (exact) mass is 246 g/mol. The van der Waals surface area contributed by atoms with Crippen molar-refractivity contribution in [3.63, 3.8) is 0 Å². The van der Waals surface area contributed by atoms with Gasteiger partial charge in [0.2, 0.25) is 11.9 Å². The Morgan fingerprint density at radius 1 is 1.44 bits per heavy atom. The molecule has 2 heterocycles. The van der Waals surface area contributed by atoms with Gasteiger partial charge in [0.05, 0.1) is 11.4 Å². The summed E-state index contributed by atoms with van der Waals surface area (Å²) in [5.74, 6) is -0.0513. The Hall–Kier alpha value is -2.44. The van der Waals surface area contributed by atoms with Gasteiger partial charge in [-0.25, -0.2) is 9.67 Å². The van der Waals surface area contributed by atoms with Gasteiger partial charge in [0.15, 0.2) is 0 Å². The van der Waals surface area contributed by atoms with E-state index in [0.29, 0.717) is 5.69 Å². The number of nitrogen functional groups attached to an aromatic ring is 1. The molecular formula is C11H14N6O. The van der Waals surface area contributed by atoms with Gasteiger partial charge in [0, 0.05) is 5.69 Å². The topological polar surface area (TPSA) is 98.7 Å². The Kier molecular flexibility index (Phi) is 3.22. The SMILES string of the molecule is Cc1ccc(NC(=O)Cn2cnc(N)n2)c(C)n1. The van der Waals surface area contributed by atoms with E-state index in [4.69, 9.17) is 5.73 Å². The number of hydrogen-bond donors (Lipinski definition) is 2. The fourth-order valence-electron chi connectivity index (χ4n) is 1.54. The van der Waals surface area contributed by atoms with Crippen LogP contribution in [0.1, 0.15) is 11.4 Å². The number of nitrogens with zero attached hydrogens (tertiary/aromatic N) is 4. The van der Waals surface area contributed by atoms with Crippen LogP contribution in [0.5, 0.6) is 0 Å². The Labute approximate surface area is 104 Å². The van der Waals surface area contributed by atoms with Crippen molar-refractivity contribution in [3.05, 3.63) is 29.8 Å². The van der Waals surface area contributed by atoms with Gasteiger partial charge >= 0.3 is 0 Å². The molecule has 0 saturated heterocycles. The van der Waals surface area contributed by atoms with Gasteiger partial charge in [-0.05, 0) is 26.0 Å². The van der Waals surface area contributed by atoms with Gasteiger partial charge in [-0.15, -0.1) is 5.10 Å². The summed E-state index contributed by atoms with van der Waals surface area (Å²) in [6.45, 7) is 3.81.